The summed E-state index contributed by atoms with van der Waals surface area (Å²) in [6.07, 6.45) is 1.34. The van der Waals surface area contributed by atoms with Crippen molar-refractivity contribution in [2.75, 3.05) is 38.2 Å². The zero-order chi connectivity index (χ0) is 16.8. The number of unbranched alkanes of at least 4 members (excludes halogenated alkanes) is 1. The molecule has 0 spiro atoms. The predicted molar refractivity (Wildman–Crippen MR) is 90.0 cm³/mol. The molecule has 1 amide bonds. The van der Waals surface area contributed by atoms with E-state index in [0.717, 1.165) is 13.0 Å². The van der Waals surface area contributed by atoms with Crippen LogP contribution in [0.15, 0.2) is 18.2 Å². The first-order chi connectivity index (χ1) is 10.2. The monoisotopic (exact) mass is 347 g/mol. The highest BCUT2D eigenvalue weighted by atomic mass is 35.5. The van der Waals surface area contributed by atoms with Crippen molar-refractivity contribution in [3.05, 3.63) is 28.8 Å². The molecule has 0 heterocycles. The van der Waals surface area contributed by atoms with E-state index in [1.54, 1.807) is 0 Å². The number of rotatable bonds is 8. The Bertz CT molecular complexity index is 618. The van der Waals surface area contributed by atoms with Crippen LogP contribution in [0.2, 0.25) is 5.02 Å². The number of carbonyl (C=O) groups excluding carboxylic acids is 1. The molecule has 0 saturated carbocycles. The lowest BCUT2D eigenvalue weighted by atomic mass is 10.2. The van der Waals surface area contributed by atoms with Crippen LogP contribution >= 0.6 is 11.6 Å². The molecular formula is C14H22ClN3O3S. The first-order valence-corrected chi connectivity index (χ1v) is 8.95. The van der Waals surface area contributed by atoms with Crippen LogP contribution in [0.3, 0.4) is 0 Å². The summed E-state index contributed by atoms with van der Waals surface area (Å²) >= 11 is 5.86. The Kier molecular flexibility index (Phi) is 7.12. The van der Waals surface area contributed by atoms with E-state index in [4.69, 9.17) is 11.6 Å². The van der Waals surface area contributed by atoms with Gasteiger partial charge in [0.25, 0.3) is 5.91 Å². The zero-order valence-corrected chi connectivity index (χ0v) is 14.6. The number of halogens is 1. The number of carbonyl (C=O) groups is 1. The number of hydrogen-bond acceptors (Lipinski definition) is 4. The third-order valence-electron chi connectivity index (χ3n) is 2.99. The lowest BCUT2D eigenvalue weighted by Crippen LogP contribution is -2.23. The van der Waals surface area contributed by atoms with Crippen LogP contribution in [-0.2, 0) is 10.0 Å². The SMILES string of the molecule is CNC(=O)c1cc(Cl)ccc1NS(=O)(=O)CCCCN(C)C. The number of anilines is 1. The van der Waals surface area contributed by atoms with E-state index in [1.165, 1.54) is 25.2 Å². The average molecular weight is 348 g/mol. The minimum atomic E-state index is -3.50. The fourth-order valence-corrected chi connectivity index (χ4v) is 3.24. The van der Waals surface area contributed by atoms with Gasteiger partial charge in [-0.15, -0.1) is 0 Å². The van der Waals surface area contributed by atoms with E-state index >= 15 is 0 Å². The average Bonchev–Trinajstić information content (AvgIpc) is 2.44. The quantitative estimate of drug-likeness (QED) is 0.703. The van der Waals surface area contributed by atoms with E-state index in [0.29, 0.717) is 11.4 Å². The molecular weight excluding hydrogens is 326 g/mol. The highest BCUT2D eigenvalue weighted by Gasteiger charge is 2.16. The summed E-state index contributed by atoms with van der Waals surface area (Å²) in [6.45, 7) is 0.833. The number of sulfonamides is 1. The molecule has 1 rings (SSSR count). The Hall–Kier alpha value is -1.31. The maximum absolute atomic E-state index is 12.1. The maximum Gasteiger partial charge on any atom is 0.253 e. The van der Waals surface area contributed by atoms with Crippen molar-refractivity contribution in [1.82, 2.24) is 10.2 Å². The lowest BCUT2D eigenvalue weighted by Gasteiger charge is -2.13. The van der Waals surface area contributed by atoms with Gasteiger partial charge in [-0.05, 0) is 51.7 Å². The van der Waals surface area contributed by atoms with Gasteiger partial charge in [-0.3, -0.25) is 9.52 Å². The molecule has 2 N–H and O–H groups in total. The van der Waals surface area contributed by atoms with E-state index in [9.17, 15) is 13.2 Å². The molecule has 0 saturated heterocycles. The topological polar surface area (TPSA) is 78.5 Å². The van der Waals surface area contributed by atoms with Gasteiger partial charge in [0.2, 0.25) is 10.0 Å². The first kappa shape index (κ1) is 18.7. The van der Waals surface area contributed by atoms with Gasteiger partial charge in [-0.25, -0.2) is 8.42 Å². The second kappa shape index (κ2) is 8.36. The molecule has 0 radical (unpaired) electrons. The zero-order valence-electron chi connectivity index (χ0n) is 13.0. The Morgan fingerprint density at radius 3 is 2.55 bits per heavy atom. The van der Waals surface area contributed by atoms with Gasteiger partial charge in [0, 0.05) is 12.1 Å². The number of amides is 1. The first-order valence-electron chi connectivity index (χ1n) is 6.92. The summed E-state index contributed by atoms with van der Waals surface area (Å²) in [6, 6.07) is 4.46. The van der Waals surface area contributed by atoms with E-state index in [-0.39, 0.29) is 17.0 Å². The molecule has 6 nitrogen and oxygen atoms in total. The molecule has 0 aliphatic rings. The highest BCUT2D eigenvalue weighted by molar-refractivity contribution is 7.92. The molecule has 0 aliphatic heterocycles. The van der Waals surface area contributed by atoms with Gasteiger partial charge in [-0.2, -0.15) is 0 Å². The van der Waals surface area contributed by atoms with Gasteiger partial charge in [0.15, 0.2) is 0 Å². The minimum absolute atomic E-state index is 0.0106. The number of hydrogen-bond donors (Lipinski definition) is 2. The normalized spacial score (nSPS) is 11.5. The summed E-state index contributed by atoms with van der Waals surface area (Å²) in [5, 5.41) is 2.83. The van der Waals surface area contributed by atoms with Crippen LogP contribution in [-0.4, -0.2) is 52.7 Å². The van der Waals surface area contributed by atoms with Crippen LogP contribution in [0, 0.1) is 0 Å². The van der Waals surface area contributed by atoms with Gasteiger partial charge in [0.1, 0.15) is 0 Å². The number of benzene rings is 1. The summed E-state index contributed by atoms with van der Waals surface area (Å²) in [7, 11) is 1.85. The third-order valence-corrected chi connectivity index (χ3v) is 4.58. The third kappa shape index (κ3) is 6.21. The molecule has 0 aliphatic carbocycles. The molecule has 124 valence electrons. The van der Waals surface area contributed by atoms with Crippen LogP contribution in [0.1, 0.15) is 23.2 Å². The lowest BCUT2D eigenvalue weighted by molar-refractivity contribution is 0.0964. The van der Waals surface area contributed by atoms with Crippen LogP contribution in [0.5, 0.6) is 0 Å². The van der Waals surface area contributed by atoms with E-state index < -0.39 is 15.9 Å². The van der Waals surface area contributed by atoms with Gasteiger partial charge in [0.05, 0.1) is 17.0 Å². The van der Waals surface area contributed by atoms with Crippen molar-refractivity contribution < 1.29 is 13.2 Å². The summed E-state index contributed by atoms with van der Waals surface area (Å²) < 4.78 is 26.7. The predicted octanol–water partition coefficient (Wildman–Crippen LogP) is 1.78. The van der Waals surface area contributed by atoms with Gasteiger partial charge in [-0.1, -0.05) is 11.6 Å². The summed E-state index contributed by atoms with van der Waals surface area (Å²) in [5.41, 5.74) is 0.434. The maximum atomic E-state index is 12.1. The smallest absolute Gasteiger partial charge is 0.253 e. The van der Waals surface area contributed by atoms with Crippen molar-refractivity contribution in [1.29, 1.82) is 0 Å². The molecule has 1 aromatic carbocycles. The molecule has 0 unspecified atom stereocenters. The van der Waals surface area contributed by atoms with Crippen molar-refractivity contribution in [2.24, 2.45) is 0 Å². The van der Waals surface area contributed by atoms with Crippen molar-refractivity contribution in [3.8, 4) is 0 Å². The van der Waals surface area contributed by atoms with Crippen molar-refractivity contribution in [2.45, 2.75) is 12.8 Å². The van der Waals surface area contributed by atoms with Crippen LogP contribution in [0.25, 0.3) is 0 Å². The Labute approximate surface area is 136 Å². The molecule has 0 fully saturated rings. The summed E-state index contributed by atoms with van der Waals surface area (Å²) in [5.74, 6) is -0.385. The Morgan fingerprint density at radius 2 is 1.95 bits per heavy atom. The van der Waals surface area contributed by atoms with Gasteiger partial charge >= 0.3 is 0 Å². The number of nitrogens with one attached hydrogen (secondary N) is 2. The van der Waals surface area contributed by atoms with Crippen molar-refractivity contribution >= 4 is 33.2 Å². The van der Waals surface area contributed by atoms with E-state index in [1.807, 2.05) is 19.0 Å². The molecule has 0 atom stereocenters. The molecule has 0 aromatic heterocycles. The molecule has 0 bridgehead atoms. The Balaban J connectivity index is 2.78. The van der Waals surface area contributed by atoms with Crippen LogP contribution in [0.4, 0.5) is 5.69 Å². The van der Waals surface area contributed by atoms with Gasteiger partial charge < -0.3 is 10.2 Å². The van der Waals surface area contributed by atoms with Crippen molar-refractivity contribution in [3.63, 3.8) is 0 Å². The fraction of sp³-hybridized carbons (Fsp3) is 0.500. The minimum Gasteiger partial charge on any atom is -0.355 e. The molecule has 1 aromatic rings. The largest absolute Gasteiger partial charge is 0.355 e. The fourth-order valence-electron chi connectivity index (χ4n) is 1.87. The van der Waals surface area contributed by atoms with E-state index in [2.05, 4.69) is 10.0 Å². The number of nitrogens with zero attached hydrogens (tertiary/aromatic N) is 1. The molecule has 8 heteroatoms. The summed E-state index contributed by atoms with van der Waals surface area (Å²) in [4.78, 5) is 13.8. The molecule has 22 heavy (non-hydrogen) atoms. The highest BCUT2D eigenvalue weighted by Crippen LogP contribution is 2.22. The second-order valence-corrected chi connectivity index (χ2v) is 7.48. The van der Waals surface area contributed by atoms with Crippen LogP contribution < -0.4 is 10.0 Å². The standard InChI is InChI=1S/C14H22ClN3O3S/c1-16-14(19)12-10-11(15)6-7-13(12)17-22(20,21)9-5-4-8-18(2)3/h6-7,10,17H,4-5,8-9H2,1-3H3,(H,16,19). The Morgan fingerprint density at radius 1 is 1.27 bits per heavy atom. The second-order valence-electron chi connectivity index (χ2n) is 5.20.